The molecule has 1 aromatic heterocycles. The van der Waals surface area contributed by atoms with Crippen molar-refractivity contribution in [3.8, 4) is 0 Å². The summed E-state index contributed by atoms with van der Waals surface area (Å²) in [6, 6.07) is 1.97. The summed E-state index contributed by atoms with van der Waals surface area (Å²) in [7, 11) is 0. The number of halogens is 1. The molecule has 4 nitrogen and oxygen atoms in total. The van der Waals surface area contributed by atoms with Crippen molar-refractivity contribution in [1.82, 2.24) is 10.3 Å². The fourth-order valence-electron chi connectivity index (χ4n) is 1.74. The molecule has 1 aromatic rings. The van der Waals surface area contributed by atoms with E-state index >= 15 is 0 Å². The highest BCUT2D eigenvalue weighted by molar-refractivity contribution is 9.10. The number of hydrogen-bond donors (Lipinski definition) is 2. The molecule has 6 heteroatoms. The number of nitrogens with zero attached hydrogens (tertiary/aromatic N) is 1. The first-order chi connectivity index (χ1) is 8.16. The van der Waals surface area contributed by atoms with Crippen LogP contribution in [0.3, 0.4) is 0 Å². The molecule has 2 rings (SSSR count). The molecule has 0 aromatic carbocycles. The lowest BCUT2D eigenvalue weighted by Gasteiger charge is -2.22. The van der Waals surface area contributed by atoms with E-state index in [4.69, 9.17) is 5.73 Å². The van der Waals surface area contributed by atoms with E-state index in [-0.39, 0.29) is 17.8 Å². The van der Waals surface area contributed by atoms with Crippen molar-refractivity contribution >= 4 is 39.4 Å². The lowest BCUT2D eigenvalue weighted by Crippen LogP contribution is -2.37. The van der Waals surface area contributed by atoms with Crippen LogP contribution in [0.2, 0.25) is 0 Å². The van der Waals surface area contributed by atoms with Crippen molar-refractivity contribution in [3.05, 3.63) is 22.3 Å². The Balaban J connectivity index is 2.05. The second-order valence-electron chi connectivity index (χ2n) is 3.95. The largest absolute Gasteiger partial charge is 0.383 e. The third-order valence-corrected chi connectivity index (χ3v) is 4.17. The molecule has 0 spiro atoms. The molecule has 0 aliphatic carbocycles. The van der Waals surface area contributed by atoms with Crippen molar-refractivity contribution in [1.29, 1.82) is 0 Å². The fourth-order valence-corrected chi connectivity index (χ4v) is 3.17. The van der Waals surface area contributed by atoms with Gasteiger partial charge in [0.25, 0.3) is 5.91 Å². The quantitative estimate of drug-likeness (QED) is 0.876. The number of pyridine rings is 1. The molecule has 1 aliphatic rings. The van der Waals surface area contributed by atoms with Crippen molar-refractivity contribution in [2.24, 2.45) is 0 Å². The minimum Gasteiger partial charge on any atom is -0.383 e. The zero-order valence-electron chi connectivity index (χ0n) is 9.28. The molecule has 1 amide bonds. The third kappa shape index (κ3) is 3.35. The van der Waals surface area contributed by atoms with Crippen LogP contribution < -0.4 is 11.1 Å². The average Bonchev–Trinajstić information content (AvgIpc) is 2.33. The minimum atomic E-state index is -0.131. The van der Waals surface area contributed by atoms with Gasteiger partial charge in [0.05, 0.1) is 5.56 Å². The number of nitrogens with one attached hydrogen (secondary N) is 1. The van der Waals surface area contributed by atoms with Crippen LogP contribution in [0, 0.1) is 0 Å². The van der Waals surface area contributed by atoms with Crippen LogP contribution in [-0.2, 0) is 0 Å². The number of carbonyl (C=O) groups excluding carboxylic acids is 1. The van der Waals surface area contributed by atoms with Gasteiger partial charge in [0.1, 0.15) is 5.82 Å². The summed E-state index contributed by atoms with van der Waals surface area (Å²) in [6.45, 7) is 0. The lowest BCUT2D eigenvalue weighted by atomic mass is 10.1. The number of anilines is 1. The Hall–Kier alpha value is -0.750. The number of carbonyl (C=O) groups is 1. The first-order valence-corrected chi connectivity index (χ1v) is 7.41. The van der Waals surface area contributed by atoms with E-state index in [1.165, 1.54) is 0 Å². The van der Waals surface area contributed by atoms with E-state index in [1.807, 2.05) is 11.8 Å². The second kappa shape index (κ2) is 5.73. The van der Waals surface area contributed by atoms with Gasteiger partial charge in [-0.2, -0.15) is 11.8 Å². The Morgan fingerprint density at radius 1 is 1.53 bits per heavy atom. The van der Waals surface area contributed by atoms with E-state index < -0.39 is 0 Å². The molecular weight excluding hydrogens is 302 g/mol. The van der Waals surface area contributed by atoms with Gasteiger partial charge in [0.15, 0.2) is 0 Å². The van der Waals surface area contributed by atoms with E-state index in [0.29, 0.717) is 5.56 Å². The van der Waals surface area contributed by atoms with Gasteiger partial charge in [-0.05, 0) is 46.3 Å². The van der Waals surface area contributed by atoms with Gasteiger partial charge in [0, 0.05) is 16.7 Å². The van der Waals surface area contributed by atoms with Crippen molar-refractivity contribution in [2.75, 3.05) is 17.2 Å². The number of aromatic nitrogens is 1. The summed E-state index contributed by atoms with van der Waals surface area (Å²) >= 11 is 5.22. The van der Waals surface area contributed by atoms with E-state index in [1.54, 1.807) is 12.3 Å². The van der Waals surface area contributed by atoms with Crippen LogP contribution in [0.5, 0.6) is 0 Å². The van der Waals surface area contributed by atoms with Crippen molar-refractivity contribution in [2.45, 2.75) is 18.9 Å². The molecule has 0 atom stereocenters. The van der Waals surface area contributed by atoms with Gasteiger partial charge < -0.3 is 11.1 Å². The molecule has 1 aliphatic heterocycles. The predicted octanol–water partition coefficient (Wildman–Crippen LogP) is 2.05. The first kappa shape index (κ1) is 12.7. The molecule has 2 heterocycles. The highest BCUT2D eigenvalue weighted by atomic mass is 79.9. The molecule has 0 saturated carbocycles. The summed E-state index contributed by atoms with van der Waals surface area (Å²) in [5.74, 6) is 2.36. The van der Waals surface area contributed by atoms with E-state index in [2.05, 4.69) is 26.2 Å². The molecule has 1 saturated heterocycles. The maximum absolute atomic E-state index is 12.0. The summed E-state index contributed by atoms with van der Waals surface area (Å²) in [5.41, 5.74) is 6.14. The van der Waals surface area contributed by atoms with Gasteiger partial charge in [0.2, 0.25) is 0 Å². The SMILES string of the molecule is Nc1ncc(Br)cc1C(=O)NC1CCSCC1. The van der Waals surface area contributed by atoms with Crippen LogP contribution >= 0.6 is 27.7 Å². The van der Waals surface area contributed by atoms with Crippen LogP contribution in [0.4, 0.5) is 5.82 Å². The number of nitrogens with two attached hydrogens (primary N) is 1. The maximum Gasteiger partial charge on any atom is 0.255 e. The van der Waals surface area contributed by atoms with Gasteiger partial charge in [-0.1, -0.05) is 0 Å². The Morgan fingerprint density at radius 2 is 2.24 bits per heavy atom. The summed E-state index contributed by atoms with van der Waals surface area (Å²) in [4.78, 5) is 16.0. The standard InChI is InChI=1S/C11H14BrN3OS/c12-7-5-9(10(13)14-6-7)11(16)15-8-1-3-17-4-2-8/h5-6,8H,1-4H2,(H2,13,14)(H,15,16). The monoisotopic (exact) mass is 315 g/mol. The molecule has 1 fully saturated rings. The third-order valence-electron chi connectivity index (χ3n) is 2.69. The average molecular weight is 316 g/mol. The topological polar surface area (TPSA) is 68.0 Å². The Bertz CT molecular complexity index is 421. The first-order valence-electron chi connectivity index (χ1n) is 5.46. The maximum atomic E-state index is 12.0. The van der Waals surface area contributed by atoms with Gasteiger partial charge >= 0.3 is 0 Å². The number of thioether (sulfide) groups is 1. The molecule has 3 N–H and O–H groups in total. The Morgan fingerprint density at radius 3 is 2.94 bits per heavy atom. The Kier molecular flexibility index (Phi) is 4.28. The molecule has 17 heavy (non-hydrogen) atoms. The zero-order valence-corrected chi connectivity index (χ0v) is 11.7. The lowest BCUT2D eigenvalue weighted by molar-refractivity contribution is 0.0935. The smallest absolute Gasteiger partial charge is 0.255 e. The fraction of sp³-hybridized carbons (Fsp3) is 0.455. The van der Waals surface area contributed by atoms with E-state index in [9.17, 15) is 4.79 Å². The van der Waals surface area contributed by atoms with Crippen LogP contribution in [0.25, 0.3) is 0 Å². The van der Waals surface area contributed by atoms with Crippen LogP contribution in [-0.4, -0.2) is 28.4 Å². The number of nitrogen functional groups attached to an aromatic ring is 1. The van der Waals surface area contributed by atoms with Gasteiger partial charge in [-0.15, -0.1) is 0 Å². The highest BCUT2D eigenvalue weighted by Gasteiger charge is 2.18. The molecule has 0 unspecified atom stereocenters. The van der Waals surface area contributed by atoms with Crippen molar-refractivity contribution < 1.29 is 4.79 Å². The number of rotatable bonds is 2. The van der Waals surface area contributed by atoms with Gasteiger partial charge in [-0.25, -0.2) is 4.98 Å². The predicted molar refractivity (Wildman–Crippen MR) is 74.2 cm³/mol. The number of hydrogen-bond acceptors (Lipinski definition) is 4. The molecule has 0 radical (unpaired) electrons. The summed E-state index contributed by atoms with van der Waals surface area (Å²) in [5, 5.41) is 3.01. The molecule has 92 valence electrons. The molecule has 0 bridgehead atoms. The number of amides is 1. The van der Waals surface area contributed by atoms with Crippen molar-refractivity contribution in [3.63, 3.8) is 0 Å². The molecular formula is C11H14BrN3OS. The van der Waals surface area contributed by atoms with Gasteiger partial charge in [-0.3, -0.25) is 4.79 Å². The minimum absolute atomic E-state index is 0.131. The highest BCUT2D eigenvalue weighted by Crippen LogP contribution is 2.19. The van der Waals surface area contributed by atoms with E-state index in [0.717, 1.165) is 28.8 Å². The van der Waals surface area contributed by atoms with Crippen LogP contribution in [0.15, 0.2) is 16.7 Å². The zero-order chi connectivity index (χ0) is 12.3. The Labute approximate surface area is 113 Å². The summed E-state index contributed by atoms with van der Waals surface area (Å²) in [6.07, 6.45) is 3.64. The normalized spacial score (nSPS) is 16.8. The van der Waals surface area contributed by atoms with Crippen LogP contribution in [0.1, 0.15) is 23.2 Å². The summed E-state index contributed by atoms with van der Waals surface area (Å²) < 4.78 is 0.760. The second-order valence-corrected chi connectivity index (χ2v) is 6.09.